The van der Waals surface area contributed by atoms with E-state index in [-0.39, 0.29) is 6.42 Å². The number of carbonyl (C=O) groups is 1. The number of aryl methyl sites for hydroxylation is 1. The smallest absolute Gasteiger partial charge is 0.235 e. The molecule has 2 rings (SSSR count). The minimum Gasteiger partial charge on any atom is -0.493 e. The SMILES string of the molecule is CS(=O)(=O)C(CCc1ccc(OCCc2ccncc2)cc1)C(N)=O. The number of nitrogens with zero attached hydrogens (tertiary/aromatic N) is 1. The minimum atomic E-state index is -3.48. The van der Waals surface area contributed by atoms with Gasteiger partial charge in [0, 0.05) is 25.1 Å². The molecule has 0 saturated carbocycles. The van der Waals surface area contributed by atoms with Crippen LogP contribution in [0.2, 0.25) is 0 Å². The number of aromatic nitrogens is 1. The number of pyridine rings is 1. The molecule has 0 saturated heterocycles. The lowest BCUT2D eigenvalue weighted by molar-refractivity contribution is -0.117. The number of nitrogens with two attached hydrogens (primary N) is 1. The predicted octanol–water partition coefficient (Wildman–Crippen LogP) is 1.53. The standard InChI is InChI=1S/C18H22N2O4S/c1-25(22,23)17(18(19)21)7-4-14-2-5-16(6-3-14)24-13-10-15-8-11-20-12-9-15/h2-3,5-6,8-9,11-12,17H,4,7,10,13H2,1H3,(H2,19,21). The molecular formula is C18H22N2O4S. The zero-order chi connectivity index (χ0) is 18.3. The second-order valence-corrected chi connectivity index (χ2v) is 8.09. The molecule has 134 valence electrons. The quantitative estimate of drug-likeness (QED) is 0.729. The number of amides is 1. The van der Waals surface area contributed by atoms with E-state index in [1.54, 1.807) is 12.4 Å². The first-order chi connectivity index (χ1) is 11.9. The van der Waals surface area contributed by atoms with E-state index in [1.165, 1.54) is 0 Å². The van der Waals surface area contributed by atoms with Crippen molar-refractivity contribution in [2.24, 2.45) is 5.73 Å². The number of sulfone groups is 1. The van der Waals surface area contributed by atoms with Crippen LogP contribution in [0.5, 0.6) is 5.75 Å². The highest BCUT2D eigenvalue weighted by Crippen LogP contribution is 2.16. The molecule has 1 aromatic heterocycles. The van der Waals surface area contributed by atoms with E-state index in [1.807, 2.05) is 36.4 Å². The molecular weight excluding hydrogens is 340 g/mol. The molecule has 1 amide bonds. The second-order valence-electron chi connectivity index (χ2n) is 5.86. The molecule has 0 spiro atoms. The van der Waals surface area contributed by atoms with Crippen molar-refractivity contribution in [1.82, 2.24) is 4.98 Å². The van der Waals surface area contributed by atoms with Crippen LogP contribution in [-0.4, -0.2) is 37.4 Å². The maximum Gasteiger partial charge on any atom is 0.235 e. The fraction of sp³-hybridized carbons (Fsp3) is 0.333. The second kappa shape index (κ2) is 8.62. The highest BCUT2D eigenvalue weighted by Gasteiger charge is 2.26. The van der Waals surface area contributed by atoms with Gasteiger partial charge in [0.2, 0.25) is 5.91 Å². The third-order valence-electron chi connectivity index (χ3n) is 3.86. The Morgan fingerprint density at radius 2 is 1.68 bits per heavy atom. The van der Waals surface area contributed by atoms with Crippen LogP contribution in [0.15, 0.2) is 48.8 Å². The molecule has 0 aliphatic heterocycles. The molecule has 6 nitrogen and oxygen atoms in total. The molecule has 2 aromatic rings. The van der Waals surface area contributed by atoms with E-state index < -0.39 is 21.0 Å². The summed E-state index contributed by atoms with van der Waals surface area (Å²) in [6.07, 6.45) is 5.95. The van der Waals surface area contributed by atoms with Crippen LogP contribution in [0.25, 0.3) is 0 Å². The van der Waals surface area contributed by atoms with Gasteiger partial charge in [-0.2, -0.15) is 0 Å². The largest absolute Gasteiger partial charge is 0.493 e. The normalized spacial score (nSPS) is 12.5. The van der Waals surface area contributed by atoms with Crippen LogP contribution >= 0.6 is 0 Å². The molecule has 0 fully saturated rings. The molecule has 1 aromatic carbocycles. The fourth-order valence-corrected chi connectivity index (χ4v) is 3.42. The van der Waals surface area contributed by atoms with Gasteiger partial charge in [-0.15, -0.1) is 0 Å². The van der Waals surface area contributed by atoms with Gasteiger partial charge in [-0.05, 0) is 48.2 Å². The monoisotopic (exact) mass is 362 g/mol. The molecule has 2 N–H and O–H groups in total. The van der Waals surface area contributed by atoms with Crippen molar-refractivity contribution in [3.05, 3.63) is 59.9 Å². The van der Waals surface area contributed by atoms with Crippen molar-refractivity contribution in [3.63, 3.8) is 0 Å². The minimum absolute atomic E-state index is 0.177. The van der Waals surface area contributed by atoms with Gasteiger partial charge in [-0.1, -0.05) is 12.1 Å². The average molecular weight is 362 g/mol. The van der Waals surface area contributed by atoms with Gasteiger partial charge < -0.3 is 10.5 Å². The van der Waals surface area contributed by atoms with Crippen molar-refractivity contribution in [3.8, 4) is 5.75 Å². The Balaban J connectivity index is 1.84. The Morgan fingerprint density at radius 3 is 2.24 bits per heavy atom. The zero-order valence-electron chi connectivity index (χ0n) is 14.1. The highest BCUT2D eigenvalue weighted by atomic mass is 32.2. The third-order valence-corrected chi connectivity index (χ3v) is 5.36. The Labute approximate surface area is 148 Å². The van der Waals surface area contributed by atoms with Gasteiger partial charge in [-0.3, -0.25) is 9.78 Å². The van der Waals surface area contributed by atoms with Crippen LogP contribution < -0.4 is 10.5 Å². The Kier molecular flexibility index (Phi) is 6.52. The van der Waals surface area contributed by atoms with Crippen LogP contribution in [0.4, 0.5) is 0 Å². The van der Waals surface area contributed by atoms with Crippen LogP contribution in [0.1, 0.15) is 17.5 Å². The first kappa shape index (κ1) is 18.9. The molecule has 0 radical (unpaired) electrons. The van der Waals surface area contributed by atoms with E-state index in [9.17, 15) is 13.2 Å². The van der Waals surface area contributed by atoms with Gasteiger partial charge in [0.25, 0.3) is 0 Å². The summed E-state index contributed by atoms with van der Waals surface area (Å²) in [5.41, 5.74) is 7.26. The number of hydrogen-bond acceptors (Lipinski definition) is 5. The maximum absolute atomic E-state index is 11.6. The van der Waals surface area contributed by atoms with Crippen molar-refractivity contribution in [1.29, 1.82) is 0 Å². The number of rotatable bonds is 9. The van der Waals surface area contributed by atoms with Crippen LogP contribution in [0, 0.1) is 0 Å². The molecule has 0 aliphatic carbocycles. The molecule has 0 aliphatic rings. The summed E-state index contributed by atoms with van der Waals surface area (Å²) in [6, 6.07) is 11.3. The number of benzene rings is 1. The molecule has 0 bridgehead atoms. The molecule has 7 heteroatoms. The lowest BCUT2D eigenvalue weighted by Gasteiger charge is -2.11. The Morgan fingerprint density at radius 1 is 1.08 bits per heavy atom. The maximum atomic E-state index is 11.6. The predicted molar refractivity (Wildman–Crippen MR) is 96.0 cm³/mol. The Bertz CT molecular complexity index is 790. The molecule has 1 unspecified atom stereocenters. The summed E-state index contributed by atoms with van der Waals surface area (Å²) in [5, 5.41) is -1.15. The zero-order valence-corrected chi connectivity index (χ0v) is 14.9. The van der Waals surface area contributed by atoms with Crippen molar-refractivity contribution in [2.45, 2.75) is 24.5 Å². The number of carbonyl (C=O) groups excluding carboxylic acids is 1. The van der Waals surface area contributed by atoms with Gasteiger partial charge >= 0.3 is 0 Å². The summed E-state index contributed by atoms with van der Waals surface area (Å²) < 4.78 is 28.8. The van der Waals surface area contributed by atoms with Crippen molar-refractivity contribution < 1.29 is 17.9 Å². The average Bonchev–Trinajstić information content (AvgIpc) is 2.56. The van der Waals surface area contributed by atoms with E-state index >= 15 is 0 Å². The topological polar surface area (TPSA) is 99.3 Å². The van der Waals surface area contributed by atoms with Gasteiger partial charge in [-0.25, -0.2) is 8.42 Å². The lowest BCUT2D eigenvalue weighted by Crippen LogP contribution is -2.35. The summed E-state index contributed by atoms with van der Waals surface area (Å²) in [4.78, 5) is 15.2. The molecule has 1 heterocycles. The van der Waals surface area contributed by atoms with E-state index in [0.717, 1.165) is 29.6 Å². The summed E-state index contributed by atoms with van der Waals surface area (Å²) in [5.74, 6) is -0.0639. The van der Waals surface area contributed by atoms with Gasteiger partial charge in [0.15, 0.2) is 9.84 Å². The number of primary amides is 1. The third kappa shape index (κ3) is 6.19. The van der Waals surface area contributed by atoms with Crippen LogP contribution in [-0.2, 0) is 27.5 Å². The van der Waals surface area contributed by atoms with E-state index in [0.29, 0.717) is 13.0 Å². The van der Waals surface area contributed by atoms with E-state index in [4.69, 9.17) is 10.5 Å². The summed E-state index contributed by atoms with van der Waals surface area (Å²) in [6.45, 7) is 0.557. The number of ether oxygens (including phenoxy) is 1. The van der Waals surface area contributed by atoms with Crippen molar-refractivity contribution in [2.75, 3.05) is 12.9 Å². The fourth-order valence-electron chi connectivity index (χ4n) is 2.45. The Hall–Kier alpha value is -2.41. The van der Waals surface area contributed by atoms with E-state index in [2.05, 4.69) is 4.98 Å². The van der Waals surface area contributed by atoms with Crippen molar-refractivity contribution >= 4 is 15.7 Å². The van der Waals surface area contributed by atoms with Gasteiger partial charge in [0.1, 0.15) is 11.0 Å². The first-order valence-corrected chi connectivity index (χ1v) is 9.90. The summed E-state index contributed by atoms with van der Waals surface area (Å²) in [7, 11) is -3.48. The highest BCUT2D eigenvalue weighted by molar-refractivity contribution is 7.92. The lowest BCUT2D eigenvalue weighted by atomic mass is 10.1. The number of hydrogen-bond donors (Lipinski definition) is 1. The first-order valence-electron chi connectivity index (χ1n) is 7.95. The molecule has 25 heavy (non-hydrogen) atoms. The van der Waals surface area contributed by atoms with Crippen LogP contribution in [0.3, 0.4) is 0 Å². The van der Waals surface area contributed by atoms with Gasteiger partial charge in [0.05, 0.1) is 6.61 Å². The molecule has 1 atom stereocenters. The summed E-state index contributed by atoms with van der Waals surface area (Å²) >= 11 is 0.